The van der Waals surface area contributed by atoms with Crippen LogP contribution in [0.25, 0.3) is 5.57 Å². The molecule has 2 heterocycles. The van der Waals surface area contributed by atoms with Crippen LogP contribution in [0.3, 0.4) is 0 Å². The van der Waals surface area contributed by atoms with Crippen molar-refractivity contribution in [2.45, 2.75) is 38.5 Å². The molecule has 2 aliphatic carbocycles. The van der Waals surface area contributed by atoms with E-state index in [1.807, 2.05) is 12.1 Å². The molecule has 2 atom stereocenters. The van der Waals surface area contributed by atoms with Gasteiger partial charge in [-0.05, 0) is 31.2 Å². The molecule has 0 aliphatic heterocycles. The van der Waals surface area contributed by atoms with Crippen LogP contribution in [0.1, 0.15) is 48.5 Å². The van der Waals surface area contributed by atoms with E-state index in [1.165, 1.54) is 6.20 Å². The van der Waals surface area contributed by atoms with Gasteiger partial charge in [-0.15, -0.1) is 0 Å². The minimum atomic E-state index is -0.455. The Kier molecular flexibility index (Phi) is 6.92. The summed E-state index contributed by atoms with van der Waals surface area (Å²) < 4.78 is 24.9. The summed E-state index contributed by atoms with van der Waals surface area (Å²) in [7, 11) is 1.56. The van der Waals surface area contributed by atoms with Gasteiger partial charge in [-0.25, -0.2) is 14.4 Å². The van der Waals surface area contributed by atoms with Crippen molar-refractivity contribution in [2.24, 2.45) is 11.8 Å². The standard InChI is InChI=1S/C23H25ClFN3O3/c1-30-8-9-31-23(29)16-5-3-2-4-14(16)10-21-19(25)13-27-22(28-21)17-6-7-20-18(17)11-15(24)12-26-20/h6,11-14,16H,2-5,7-10H2,1H3/t14?,16-/m0/s1. The molecule has 0 aromatic carbocycles. The first-order valence-corrected chi connectivity index (χ1v) is 11.0. The average Bonchev–Trinajstić information content (AvgIpc) is 3.19. The highest BCUT2D eigenvalue weighted by Crippen LogP contribution is 2.35. The van der Waals surface area contributed by atoms with E-state index in [0.717, 1.165) is 42.5 Å². The molecule has 2 aliphatic rings. The first kappa shape index (κ1) is 21.8. The van der Waals surface area contributed by atoms with Crippen molar-refractivity contribution in [3.63, 3.8) is 0 Å². The van der Waals surface area contributed by atoms with Crippen molar-refractivity contribution in [1.82, 2.24) is 15.0 Å². The lowest BCUT2D eigenvalue weighted by molar-refractivity contribution is -0.153. The highest BCUT2D eigenvalue weighted by atomic mass is 35.5. The molecule has 31 heavy (non-hydrogen) atoms. The van der Waals surface area contributed by atoms with Crippen LogP contribution in [-0.2, 0) is 27.1 Å². The van der Waals surface area contributed by atoms with Crippen molar-refractivity contribution >= 4 is 23.1 Å². The Morgan fingerprint density at radius 1 is 1.23 bits per heavy atom. The molecule has 0 bridgehead atoms. The molecule has 2 aromatic rings. The van der Waals surface area contributed by atoms with Crippen molar-refractivity contribution < 1.29 is 18.7 Å². The number of methoxy groups -OCH3 is 1. The van der Waals surface area contributed by atoms with E-state index in [0.29, 0.717) is 36.0 Å². The maximum Gasteiger partial charge on any atom is 0.309 e. The van der Waals surface area contributed by atoms with Gasteiger partial charge in [-0.2, -0.15) is 0 Å². The van der Waals surface area contributed by atoms with Gasteiger partial charge in [0.1, 0.15) is 6.61 Å². The Bertz CT molecular complexity index is 998. The molecule has 1 fully saturated rings. The second-order valence-electron chi connectivity index (χ2n) is 7.97. The van der Waals surface area contributed by atoms with Crippen LogP contribution >= 0.6 is 11.6 Å². The lowest BCUT2D eigenvalue weighted by Crippen LogP contribution is -2.31. The third-order valence-electron chi connectivity index (χ3n) is 5.98. The number of rotatable bonds is 7. The van der Waals surface area contributed by atoms with Gasteiger partial charge >= 0.3 is 5.97 Å². The van der Waals surface area contributed by atoms with Gasteiger partial charge in [0.2, 0.25) is 0 Å². The highest BCUT2D eigenvalue weighted by Gasteiger charge is 2.33. The van der Waals surface area contributed by atoms with Crippen LogP contribution in [-0.4, -0.2) is 41.2 Å². The van der Waals surface area contributed by atoms with E-state index >= 15 is 0 Å². The van der Waals surface area contributed by atoms with E-state index in [2.05, 4.69) is 15.0 Å². The number of nitrogens with zero attached hydrogens (tertiary/aromatic N) is 3. The topological polar surface area (TPSA) is 74.2 Å². The van der Waals surface area contributed by atoms with Crippen LogP contribution in [0.15, 0.2) is 24.5 Å². The lowest BCUT2D eigenvalue weighted by Gasteiger charge is -2.29. The Balaban J connectivity index is 1.54. The molecular formula is C23H25ClFN3O3. The van der Waals surface area contributed by atoms with E-state index in [1.54, 1.807) is 13.3 Å². The summed E-state index contributed by atoms with van der Waals surface area (Å²) in [5.74, 6) is -0.498. The van der Waals surface area contributed by atoms with E-state index in [4.69, 9.17) is 21.1 Å². The maximum absolute atomic E-state index is 14.6. The summed E-state index contributed by atoms with van der Waals surface area (Å²) in [6.45, 7) is 0.594. The lowest BCUT2D eigenvalue weighted by atomic mass is 9.77. The van der Waals surface area contributed by atoms with Crippen LogP contribution in [0.5, 0.6) is 0 Å². The fourth-order valence-electron chi connectivity index (χ4n) is 4.40. The maximum atomic E-state index is 14.6. The smallest absolute Gasteiger partial charge is 0.309 e. The van der Waals surface area contributed by atoms with E-state index in [9.17, 15) is 9.18 Å². The zero-order chi connectivity index (χ0) is 21.8. The minimum absolute atomic E-state index is 0.0120. The number of fused-ring (bicyclic) bond motifs is 1. The number of carbonyl (C=O) groups is 1. The number of aromatic nitrogens is 3. The monoisotopic (exact) mass is 445 g/mol. The fourth-order valence-corrected chi connectivity index (χ4v) is 4.56. The normalized spacial score (nSPS) is 20.3. The van der Waals surface area contributed by atoms with Gasteiger partial charge in [-0.3, -0.25) is 9.78 Å². The summed E-state index contributed by atoms with van der Waals surface area (Å²) in [6.07, 6.45) is 9.42. The highest BCUT2D eigenvalue weighted by molar-refractivity contribution is 6.30. The molecule has 0 amide bonds. The van der Waals surface area contributed by atoms with E-state index in [-0.39, 0.29) is 24.4 Å². The molecule has 1 saturated carbocycles. The molecule has 4 rings (SSSR count). The quantitative estimate of drug-likeness (QED) is 0.470. The van der Waals surface area contributed by atoms with Gasteiger partial charge in [0.15, 0.2) is 11.6 Å². The predicted octanol–water partition coefficient (Wildman–Crippen LogP) is 4.19. The number of esters is 1. The summed E-state index contributed by atoms with van der Waals surface area (Å²) in [4.78, 5) is 25.7. The zero-order valence-corrected chi connectivity index (χ0v) is 18.2. The second kappa shape index (κ2) is 9.83. The average molecular weight is 446 g/mol. The Morgan fingerprint density at radius 3 is 2.90 bits per heavy atom. The number of halogens is 2. The second-order valence-corrected chi connectivity index (χ2v) is 8.41. The van der Waals surface area contributed by atoms with Crippen LogP contribution in [0.4, 0.5) is 4.39 Å². The fraction of sp³-hybridized carbons (Fsp3) is 0.478. The summed E-state index contributed by atoms with van der Waals surface area (Å²) in [5.41, 5.74) is 2.92. The molecule has 8 heteroatoms. The molecule has 0 spiro atoms. The summed E-state index contributed by atoms with van der Waals surface area (Å²) >= 11 is 6.11. The largest absolute Gasteiger partial charge is 0.463 e. The van der Waals surface area contributed by atoms with Crippen molar-refractivity contribution in [1.29, 1.82) is 0 Å². The molecule has 0 saturated heterocycles. The number of hydrogen-bond donors (Lipinski definition) is 0. The SMILES string of the molecule is COCCOC(=O)[C@H]1CCCCC1Cc1nc(C2=CCc3ncc(Cl)cc32)ncc1F. The van der Waals surface area contributed by atoms with Crippen LogP contribution < -0.4 is 0 Å². The molecule has 6 nitrogen and oxygen atoms in total. The van der Waals surface area contributed by atoms with Gasteiger partial charge in [0.05, 0.1) is 35.1 Å². The Morgan fingerprint density at radius 2 is 2.06 bits per heavy atom. The van der Waals surface area contributed by atoms with Crippen LogP contribution in [0.2, 0.25) is 5.02 Å². The third kappa shape index (κ3) is 4.93. The van der Waals surface area contributed by atoms with Gasteiger partial charge in [0, 0.05) is 30.9 Å². The van der Waals surface area contributed by atoms with Crippen molar-refractivity contribution in [3.8, 4) is 0 Å². The summed E-state index contributed by atoms with van der Waals surface area (Å²) in [6, 6.07) is 1.84. The third-order valence-corrected chi connectivity index (χ3v) is 6.19. The first-order chi connectivity index (χ1) is 15.1. The number of ether oxygens (including phenoxy) is 2. The minimum Gasteiger partial charge on any atom is -0.463 e. The number of allylic oxidation sites excluding steroid dienone is 1. The Labute approximate surface area is 185 Å². The van der Waals surface area contributed by atoms with Gasteiger partial charge in [-0.1, -0.05) is 30.5 Å². The van der Waals surface area contributed by atoms with Gasteiger partial charge < -0.3 is 9.47 Å². The van der Waals surface area contributed by atoms with Crippen molar-refractivity contribution in [2.75, 3.05) is 20.3 Å². The first-order valence-electron chi connectivity index (χ1n) is 10.6. The molecule has 0 N–H and O–H groups in total. The van der Waals surface area contributed by atoms with Gasteiger partial charge in [0.25, 0.3) is 0 Å². The number of carbonyl (C=O) groups excluding carboxylic acids is 1. The summed E-state index contributed by atoms with van der Waals surface area (Å²) in [5, 5.41) is 0.533. The molecule has 1 unspecified atom stereocenters. The predicted molar refractivity (Wildman–Crippen MR) is 114 cm³/mol. The van der Waals surface area contributed by atoms with Crippen LogP contribution in [0, 0.1) is 17.7 Å². The zero-order valence-electron chi connectivity index (χ0n) is 17.4. The molecule has 0 radical (unpaired) electrons. The van der Waals surface area contributed by atoms with E-state index < -0.39 is 5.82 Å². The van der Waals surface area contributed by atoms with Crippen molar-refractivity contribution in [3.05, 3.63) is 58.2 Å². The number of hydrogen-bond acceptors (Lipinski definition) is 6. The molecular weight excluding hydrogens is 421 g/mol. The Hall–Kier alpha value is -2.38. The molecule has 2 aromatic heterocycles. The number of pyridine rings is 1. The molecule has 164 valence electrons.